The molecule has 0 bridgehead atoms. The SMILES string of the molecule is CC=C=CC=CC=CC=CCCCCCC. The molecular formula is C16H24. The van der Waals surface area contributed by atoms with Gasteiger partial charge in [0.25, 0.3) is 0 Å². The van der Waals surface area contributed by atoms with E-state index in [1.807, 2.05) is 37.3 Å². The normalized spacial score (nSPS) is 11.4. The number of unbranched alkanes of at least 4 members (excludes halogenated alkanes) is 4. The van der Waals surface area contributed by atoms with Crippen LogP contribution in [0.1, 0.15) is 46.0 Å². The van der Waals surface area contributed by atoms with E-state index in [4.69, 9.17) is 0 Å². The molecule has 0 amide bonds. The summed E-state index contributed by atoms with van der Waals surface area (Å²) in [6, 6.07) is 0. The zero-order chi connectivity index (χ0) is 11.9. The van der Waals surface area contributed by atoms with Gasteiger partial charge in [0.05, 0.1) is 0 Å². The van der Waals surface area contributed by atoms with Crippen molar-refractivity contribution >= 4 is 0 Å². The predicted octanol–water partition coefficient (Wildman–Crippen LogP) is 5.36. The van der Waals surface area contributed by atoms with Crippen molar-refractivity contribution in [3.8, 4) is 0 Å². The van der Waals surface area contributed by atoms with Crippen molar-refractivity contribution in [3.63, 3.8) is 0 Å². The van der Waals surface area contributed by atoms with E-state index in [-0.39, 0.29) is 0 Å². The van der Waals surface area contributed by atoms with Crippen LogP contribution in [-0.2, 0) is 0 Å². The van der Waals surface area contributed by atoms with E-state index in [0.717, 1.165) is 0 Å². The first-order valence-corrected chi connectivity index (χ1v) is 6.27. The first-order valence-electron chi connectivity index (χ1n) is 6.27. The molecule has 0 heteroatoms. The van der Waals surface area contributed by atoms with Gasteiger partial charge in [-0.1, -0.05) is 62.6 Å². The average Bonchev–Trinajstić information content (AvgIpc) is 2.31. The average molecular weight is 216 g/mol. The molecule has 0 saturated carbocycles. The third kappa shape index (κ3) is 12.7. The first kappa shape index (κ1) is 14.7. The lowest BCUT2D eigenvalue weighted by Gasteiger charge is -1.92. The third-order valence-electron chi connectivity index (χ3n) is 2.16. The van der Waals surface area contributed by atoms with Crippen molar-refractivity contribution < 1.29 is 0 Å². The van der Waals surface area contributed by atoms with Crippen molar-refractivity contribution in [2.24, 2.45) is 0 Å². The van der Waals surface area contributed by atoms with Crippen LogP contribution in [0.2, 0.25) is 0 Å². The Morgan fingerprint density at radius 1 is 0.875 bits per heavy atom. The molecule has 0 aromatic carbocycles. The fourth-order valence-corrected chi connectivity index (χ4v) is 1.26. The van der Waals surface area contributed by atoms with Gasteiger partial charge in [0.15, 0.2) is 0 Å². The summed E-state index contributed by atoms with van der Waals surface area (Å²) in [5.74, 6) is 0. The van der Waals surface area contributed by atoms with Crippen LogP contribution in [0.5, 0.6) is 0 Å². The van der Waals surface area contributed by atoms with Gasteiger partial charge < -0.3 is 0 Å². The molecule has 16 heavy (non-hydrogen) atoms. The first-order chi connectivity index (χ1) is 7.91. The lowest BCUT2D eigenvalue weighted by atomic mass is 10.1. The van der Waals surface area contributed by atoms with Gasteiger partial charge in [0, 0.05) is 0 Å². The van der Waals surface area contributed by atoms with Gasteiger partial charge in [0.1, 0.15) is 0 Å². The van der Waals surface area contributed by atoms with Crippen LogP contribution in [0.3, 0.4) is 0 Å². The Kier molecular flexibility index (Phi) is 12.7. The Morgan fingerprint density at radius 3 is 2.38 bits per heavy atom. The highest BCUT2D eigenvalue weighted by Crippen LogP contribution is 2.02. The molecule has 0 N–H and O–H groups in total. The van der Waals surface area contributed by atoms with Crippen LogP contribution < -0.4 is 0 Å². The van der Waals surface area contributed by atoms with E-state index in [0.29, 0.717) is 0 Å². The molecule has 0 heterocycles. The Hall–Kier alpha value is -1.26. The molecule has 88 valence electrons. The zero-order valence-electron chi connectivity index (χ0n) is 10.7. The molecule has 0 fully saturated rings. The number of allylic oxidation sites excluding steroid dienone is 7. The van der Waals surface area contributed by atoms with Gasteiger partial charge in [-0.25, -0.2) is 0 Å². The quantitative estimate of drug-likeness (QED) is 0.291. The van der Waals surface area contributed by atoms with Gasteiger partial charge in [-0.15, -0.1) is 5.73 Å². The van der Waals surface area contributed by atoms with Gasteiger partial charge in [-0.05, 0) is 31.9 Å². The molecule has 0 aliphatic rings. The Labute approximate surface area is 101 Å². The minimum absolute atomic E-state index is 1.20. The van der Waals surface area contributed by atoms with E-state index in [9.17, 15) is 0 Å². The van der Waals surface area contributed by atoms with Crippen molar-refractivity contribution in [3.05, 3.63) is 54.3 Å². The standard InChI is InChI=1S/C16H24/c1-3-5-7-9-11-13-15-16-14-12-10-8-6-4-2/h3,7,9,11,13-16H,4,6,8,10,12H2,1-2H3. The van der Waals surface area contributed by atoms with Gasteiger partial charge in [-0.2, -0.15) is 0 Å². The minimum Gasteiger partial charge on any atom is -0.125 e. The summed E-state index contributed by atoms with van der Waals surface area (Å²) in [4.78, 5) is 0. The summed E-state index contributed by atoms with van der Waals surface area (Å²) < 4.78 is 0. The maximum atomic E-state index is 2.99. The lowest BCUT2D eigenvalue weighted by molar-refractivity contribution is 0.674. The van der Waals surface area contributed by atoms with Crippen molar-refractivity contribution in [2.75, 3.05) is 0 Å². The summed E-state index contributed by atoms with van der Waals surface area (Å²) in [6.07, 6.45) is 22.8. The molecule has 0 nitrogen and oxygen atoms in total. The molecule has 0 aromatic heterocycles. The second-order valence-electron chi connectivity index (χ2n) is 3.67. The number of rotatable bonds is 8. The summed E-state index contributed by atoms with van der Waals surface area (Å²) >= 11 is 0. The Balaban J connectivity index is 3.48. The largest absolute Gasteiger partial charge is 0.125 e. The van der Waals surface area contributed by atoms with E-state index in [2.05, 4.69) is 30.9 Å². The summed E-state index contributed by atoms with van der Waals surface area (Å²) in [5.41, 5.74) is 2.99. The summed E-state index contributed by atoms with van der Waals surface area (Å²) in [5, 5.41) is 0. The van der Waals surface area contributed by atoms with E-state index in [1.54, 1.807) is 0 Å². The van der Waals surface area contributed by atoms with Crippen LogP contribution in [0.4, 0.5) is 0 Å². The van der Waals surface area contributed by atoms with Crippen LogP contribution in [0, 0.1) is 0 Å². The Bertz CT molecular complexity index is 270. The van der Waals surface area contributed by atoms with Gasteiger partial charge in [-0.3, -0.25) is 0 Å². The third-order valence-corrected chi connectivity index (χ3v) is 2.16. The second-order valence-corrected chi connectivity index (χ2v) is 3.67. The van der Waals surface area contributed by atoms with Gasteiger partial charge in [0.2, 0.25) is 0 Å². The van der Waals surface area contributed by atoms with Gasteiger partial charge >= 0.3 is 0 Å². The molecule has 0 saturated heterocycles. The second kappa shape index (κ2) is 13.7. The number of hydrogen-bond donors (Lipinski definition) is 0. The molecule has 0 radical (unpaired) electrons. The van der Waals surface area contributed by atoms with Crippen molar-refractivity contribution in [2.45, 2.75) is 46.0 Å². The van der Waals surface area contributed by atoms with E-state index in [1.165, 1.54) is 32.1 Å². The van der Waals surface area contributed by atoms with E-state index >= 15 is 0 Å². The highest BCUT2D eigenvalue weighted by molar-refractivity contribution is 5.15. The zero-order valence-corrected chi connectivity index (χ0v) is 10.7. The summed E-state index contributed by atoms with van der Waals surface area (Å²) in [7, 11) is 0. The molecule has 0 unspecified atom stereocenters. The maximum absolute atomic E-state index is 2.99. The highest BCUT2D eigenvalue weighted by atomic mass is 13.9. The molecule has 0 rings (SSSR count). The van der Waals surface area contributed by atoms with E-state index < -0.39 is 0 Å². The highest BCUT2D eigenvalue weighted by Gasteiger charge is 1.82. The van der Waals surface area contributed by atoms with Crippen LogP contribution >= 0.6 is 0 Å². The molecule has 0 aliphatic carbocycles. The topological polar surface area (TPSA) is 0 Å². The molecule has 0 aliphatic heterocycles. The molecule has 0 spiro atoms. The molecular weight excluding hydrogens is 192 g/mol. The molecule has 0 atom stereocenters. The lowest BCUT2D eigenvalue weighted by Crippen LogP contribution is -1.72. The van der Waals surface area contributed by atoms with Crippen LogP contribution in [0.15, 0.2) is 54.3 Å². The minimum atomic E-state index is 1.20. The fourth-order valence-electron chi connectivity index (χ4n) is 1.26. The van der Waals surface area contributed by atoms with Crippen LogP contribution in [-0.4, -0.2) is 0 Å². The van der Waals surface area contributed by atoms with Crippen molar-refractivity contribution in [1.82, 2.24) is 0 Å². The Morgan fingerprint density at radius 2 is 1.62 bits per heavy atom. The van der Waals surface area contributed by atoms with Crippen molar-refractivity contribution in [1.29, 1.82) is 0 Å². The monoisotopic (exact) mass is 216 g/mol. The molecule has 0 aromatic rings. The van der Waals surface area contributed by atoms with Crippen LogP contribution in [0.25, 0.3) is 0 Å². The predicted molar refractivity (Wildman–Crippen MR) is 74.5 cm³/mol. The number of hydrogen-bond acceptors (Lipinski definition) is 0. The maximum Gasteiger partial charge on any atom is -0.0203 e. The summed E-state index contributed by atoms with van der Waals surface area (Å²) in [6.45, 7) is 4.20. The smallest absolute Gasteiger partial charge is 0.0203 e. The fraction of sp³-hybridized carbons (Fsp3) is 0.438.